The molecular formula is C28H24N2O4. The number of hydrogen-bond acceptors (Lipinski definition) is 4. The Morgan fingerprint density at radius 2 is 1.47 bits per heavy atom. The van der Waals surface area contributed by atoms with E-state index >= 15 is 0 Å². The van der Waals surface area contributed by atoms with Crippen LogP contribution in [0.2, 0.25) is 0 Å². The molecule has 6 rings (SSSR count). The summed E-state index contributed by atoms with van der Waals surface area (Å²) in [6.45, 7) is 1.86. The van der Waals surface area contributed by atoms with Crippen LogP contribution >= 0.6 is 0 Å². The molecule has 3 aliphatic heterocycles. The zero-order valence-corrected chi connectivity index (χ0v) is 18.7. The number of carbonyl (C=O) groups excluding carboxylic acids is 3. The van der Waals surface area contributed by atoms with Crippen molar-refractivity contribution in [2.45, 2.75) is 32.0 Å². The first-order valence-electron chi connectivity index (χ1n) is 11.7. The van der Waals surface area contributed by atoms with E-state index in [1.807, 2.05) is 36.4 Å². The Morgan fingerprint density at radius 3 is 2.12 bits per heavy atom. The van der Waals surface area contributed by atoms with Gasteiger partial charge in [-0.3, -0.25) is 19.3 Å². The first-order chi connectivity index (χ1) is 16.6. The Bertz CT molecular complexity index is 1280. The molecule has 0 spiro atoms. The summed E-state index contributed by atoms with van der Waals surface area (Å²) in [5.41, 5.74) is 5.49. The highest BCUT2D eigenvalue weighted by Crippen LogP contribution is 2.33. The zero-order valence-electron chi connectivity index (χ0n) is 18.7. The summed E-state index contributed by atoms with van der Waals surface area (Å²) in [5.74, 6) is -0.823. The van der Waals surface area contributed by atoms with Crippen LogP contribution < -0.4 is 0 Å². The molecule has 1 atom stereocenters. The van der Waals surface area contributed by atoms with Gasteiger partial charge in [0.25, 0.3) is 17.7 Å². The van der Waals surface area contributed by atoms with Crippen molar-refractivity contribution in [2.24, 2.45) is 0 Å². The van der Waals surface area contributed by atoms with E-state index in [-0.39, 0.29) is 30.4 Å². The van der Waals surface area contributed by atoms with Gasteiger partial charge in [0.05, 0.1) is 23.8 Å². The number of ether oxygens (including phenoxy) is 1. The first kappa shape index (κ1) is 20.8. The molecule has 3 aromatic rings. The largest absolute Gasteiger partial charge is 0.376 e. The number of amides is 3. The van der Waals surface area contributed by atoms with Gasteiger partial charge in [-0.1, -0.05) is 48.5 Å². The Kier molecular flexibility index (Phi) is 5.03. The smallest absolute Gasteiger partial charge is 0.261 e. The fourth-order valence-electron chi connectivity index (χ4n) is 5.22. The van der Waals surface area contributed by atoms with Gasteiger partial charge in [-0.25, -0.2) is 0 Å². The van der Waals surface area contributed by atoms with E-state index in [2.05, 4.69) is 12.1 Å². The second kappa shape index (κ2) is 8.22. The van der Waals surface area contributed by atoms with Crippen LogP contribution in [0, 0.1) is 0 Å². The van der Waals surface area contributed by atoms with E-state index in [1.165, 1.54) is 4.90 Å². The number of carbonyl (C=O) groups is 3. The monoisotopic (exact) mass is 452 g/mol. The van der Waals surface area contributed by atoms with Crippen LogP contribution in [0.4, 0.5) is 0 Å². The molecule has 34 heavy (non-hydrogen) atoms. The molecule has 6 nitrogen and oxygen atoms in total. The summed E-state index contributed by atoms with van der Waals surface area (Å²) in [7, 11) is 0. The fraction of sp³-hybridized carbons (Fsp3) is 0.250. The highest BCUT2D eigenvalue weighted by atomic mass is 16.5. The van der Waals surface area contributed by atoms with Gasteiger partial charge < -0.3 is 9.64 Å². The lowest BCUT2D eigenvalue weighted by Gasteiger charge is -2.22. The number of hydrogen-bond donors (Lipinski definition) is 0. The normalized spacial score (nSPS) is 19.0. The fourth-order valence-corrected chi connectivity index (χ4v) is 5.22. The van der Waals surface area contributed by atoms with E-state index in [1.54, 1.807) is 23.1 Å². The maximum absolute atomic E-state index is 13.6. The van der Waals surface area contributed by atoms with Crippen molar-refractivity contribution < 1.29 is 19.1 Å². The predicted octanol–water partition coefficient (Wildman–Crippen LogP) is 4.28. The minimum atomic E-state index is -0.350. The molecule has 3 aliphatic rings. The van der Waals surface area contributed by atoms with Crippen LogP contribution in [0.25, 0.3) is 11.1 Å². The standard InChI is InChI=1S/C28H24N2O4/c31-26(29-15-19-6-1-3-9-22(19)23-10-4-2-7-20(23)16-29)18-11-12-24-25(14-18)28(33)30(27(24)32)17-21-8-5-13-34-21/h1-4,6-7,9-12,14,21H,5,8,13,15-17H2. The third kappa shape index (κ3) is 3.42. The third-order valence-corrected chi connectivity index (χ3v) is 6.96. The maximum Gasteiger partial charge on any atom is 0.261 e. The molecule has 1 saturated heterocycles. The number of imide groups is 1. The van der Waals surface area contributed by atoms with Gasteiger partial charge in [-0.05, 0) is 53.3 Å². The first-order valence-corrected chi connectivity index (χ1v) is 11.7. The Balaban J connectivity index is 1.30. The van der Waals surface area contributed by atoms with Crippen molar-refractivity contribution in [3.05, 3.63) is 94.5 Å². The van der Waals surface area contributed by atoms with E-state index in [4.69, 9.17) is 4.74 Å². The SMILES string of the molecule is O=C(c1ccc2c(c1)C(=O)N(CC1CCCO1)C2=O)N1Cc2ccccc2-c2ccccc2C1. The minimum absolute atomic E-state index is 0.111. The summed E-state index contributed by atoms with van der Waals surface area (Å²) >= 11 is 0. The van der Waals surface area contributed by atoms with Crippen LogP contribution in [0.1, 0.15) is 55.0 Å². The maximum atomic E-state index is 13.6. The van der Waals surface area contributed by atoms with Crippen LogP contribution in [-0.4, -0.2) is 46.8 Å². The predicted molar refractivity (Wildman–Crippen MR) is 126 cm³/mol. The summed E-state index contributed by atoms with van der Waals surface area (Å²) in [5, 5.41) is 0. The van der Waals surface area contributed by atoms with Crippen LogP contribution in [0.3, 0.4) is 0 Å². The van der Waals surface area contributed by atoms with Gasteiger partial charge in [0.2, 0.25) is 0 Å². The molecule has 170 valence electrons. The molecule has 0 aliphatic carbocycles. The molecular weight excluding hydrogens is 428 g/mol. The topological polar surface area (TPSA) is 66.9 Å². The minimum Gasteiger partial charge on any atom is -0.376 e. The number of nitrogens with zero attached hydrogens (tertiary/aromatic N) is 2. The van der Waals surface area contributed by atoms with Crippen LogP contribution in [-0.2, 0) is 17.8 Å². The van der Waals surface area contributed by atoms with Crippen molar-refractivity contribution >= 4 is 17.7 Å². The molecule has 0 bridgehead atoms. The molecule has 0 aromatic heterocycles. The van der Waals surface area contributed by atoms with Gasteiger partial charge in [-0.2, -0.15) is 0 Å². The summed E-state index contributed by atoms with van der Waals surface area (Å²) in [6, 6.07) is 21.1. The van der Waals surface area contributed by atoms with Gasteiger partial charge in [-0.15, -0.1) is 0 Å². The lowest BCUT2D eigenvalue weighted by molar-refractivity contribution is 0.0475. The van der Waals surface area contributed by atoms with Crippen molar-refractivity contribution in [3.63, 3.8) is 0 Å². The van der Waals surface area contributed by atoms with Gasteiger partial charge >= 0.3 is 0 Å². The Hall–Kier alpha value is -3.77. The Labute approximate surface area is 197 Å². The van der Waals surface area contributed by atoms with Gasteiger partial charge in [0.1, 0.15) is 0 Å². The Morgan fingerprint density at radius 1 is 0.824 bits per heavy atom. The quantitative estimate of drug-likeness (QED) is 0.556. The van der Waals surface area contributed by atoms with E-state index in [0.717, 1.165) is 35.1 Å². The number of fused-ring (bicyclic) bond motifs is 4. The van der Waals surface area contributed by atoms with E-state index in [9.17, 15) is 14.4 Å². The van der Waals surface area contributed by atoms with E-state index < -0.39 is 0 Å². The summed E-state index contributed by atoms with van der Waals surface area (Å²) in [6.07, 6.45) is 1.67. The second-order valence-corrected chi connectivity index (χ2v) is 9.09. The third-order valence-electron chi connectivity index (χ3n) is 6.96. The second-order valence-electron chi connectivity index (χ2n) is 9.09. The zero-order chi connectivity index (χ0) is 23.2. The van der Waals surface area contributed by atoms with Crippen molar-refractivity contribution in [1.29, 1.82) is 0 Å². The highest BCUT2D eigenvalue weighted by molar-refractivity contribution is 6.22. The number of benzene rings is 3. The molecule has 1 unspecified atom stereocenters. The average Bonchev–Trinajstić information content (AvgIpc) is 3.41. The van der Waals surface area contributed by atoms with Crippen LogP contribution in [0.15, 0.2) is 66.7 Å². The van der Waals surface area contributed by atoms with Crippen molar-refractivity contribution in [2.75, 3.05) is 13.2 Å². The lowest BCUT2D eigenvalue weighted by Crippen LogP contribution is -2.36. The molecule has 0 N–H and O–H groups in total. The van der Waals surface area contributed by atoms with Crippen molar-refractivity contribution in [3.8, 4) is 11.1 Å². The molecule has 3 aromatic carbocycles. The molecule has 1 fully saturated rings. The summed E-state index contributed by atoms with van der Waals surface area (Å²) in [4.78, 5) is 42.6. The van der Waals surface area contributed by atoms with Crippen LogP contribution in [0.5, 0.6) is 0 Å². The number of rotatable bonds is 3. The molecule has 6 heteroatoms. The highest BCUT2D eigenvalue weighted by Gasteiger charge is 2.38. The van der Waals surface area contributed by atoms with Crippen molar-refractivity contribution in [1.82, 2.24) is 9.80 Å². The molecule has 3 heterocycles. The molecule has 0 saturated carbocycles. The summed E-state index contributed by atoms with van der Waals surface area (Å²) < 4.78 is 5.61. The lowest BCUT2D eigenvalue weighted by atomic mass is 9.97. The van der Waals surface area contributed by atoms with Gasteiger partial charge in [0, 0.05) is 25.3 Å². The average molecular weight is 453 g/mol. The van der Waals surface area contributed by atoms with E-state index in [0.29, 0.717) is 36.4 Å². The molecule has 0 radical (unpaired) electrons. The van der Waals surface area contributed by atoms with Gasteiger partial charge in [0.15, 0.2) is 0 Å². The molecule has 3 amide bonds.